The number of rotatable bonds is 8. The van der Waals surface area contributed by atoms with Gasteiger partial charge >= 0.3 is 5.97 Å². The minimum Gasteiger partial charge on any atom is -0.465 e. The van der Waals surface area contributed by atoms with Gasteiger partial charge < -0.3 is 15.4 Å². The predicted octanol–water partition coefficient (Wildman–Crippen LogP) is 2.56. The molecule has 0 aromatic rings. The summed E-state index contributed by atoms with van der Waals surface area (Å²) in [5.41, 5.74) is 5.19. The number of ether oxygens (including phenoxy) is 1. The topological polar surface area (TPSA) is 55.6 Å². The molecule has 0 bridgehead atoms. The first kappa shape index (κ1) is 17.4. The van der Waals surface area contributed by atoms with E-state index in [-0.39, 0.29) is 5.97 Å². The van der Waals surface area contributed by atoms with Crippen molar-refractivity contribution in [1.29, 1.82) is 0 Å². The minimum atomic E-state index is -0.837. The smallest absolute Gasteiger partial charge is 0.325 e. The molecule has 0 amide bonds. The van der Waals surface area contributed by atoms with E-state index in [9.17, 15) is 4.79 Å². The summed E-state index contributed by atoms with van der Waals surface area (Å²) in [6.45, 7) is 9.70. The van der Waals surface area contributed by atoms with Crippen LogP contribution in [0.4, 0.5) is 0 Å². The van der Waals surface area contributed by atoms with Crippen molar-refractivity contribution in [2.45, 2.75) is 64.8 Å². The molecule has 2 N–H and O–H groups in total. The first-order chi connectivity index (χ1) is 9.49. The Labute approximate surface area is 124 Å². The van der Waals surface area contributed by atoms with Gasteiger partial charge in [0, 0.05) is 0 Å². The van der Waals surface area contributed by atoms with Crippen LogP contribution in [0.3, 0.4) is 0 Å². The molecule has 4 heteroatoms. The van der Waals surface area contributed by atoms with Crippen LogP contribution in [0, 0.1) is 5.92 Å². The molecule has 0 saturated carbocycles. The minimum absolute atomic E-state index is 0.276. The average Bonchev–Trinajstić information content (AvgIpc) is 2.41. The number of nitrogens with two attached hydrogens (primary N) is 1. The van der Waals surface area contributed by atoms with E-state index in [0.717, 1.165) is 18.9 Å². The molecule has 0 aliphatic carbocycles. The quantitative estimate of drug-likeness (QED) is 0.696. The number of piperidine rings is 1. The Morgan fingerprint density at radius 3 is 2.55 bits per heavy atom. The van der Waals surface area contributed by atoms with Gasteiger partial charge in [-0.05, 0) is 65.1 Å². The highest BCUT2D eigenvalue weighted by molar-refractivity contribution is 5.79. The zero-order valence-electron chi connectivity index (χ0n) is 13.5. The van der Waals surface area contributed by atoms with Crippen LogP contribution >= 0.6 is 0 Å². The van der Waals surface area contributed by atoms with Gasteiger partial charge in [0.2, 0.25) is 0 Å². The summed E-state index contributed by atoms with van der Waals surface area (Å²) in [4.78, 5) is 14.2. The maximum absolute atomic E-state index is 11.7. The van der Waals surface area contributed by atoms with Crippen molar-refractivity contribution in [1.82, 2.24) is 4.90 Å². The van der Waals surface area contributed by atoms with Crippen LogP contribution in [0.2, 0.25) is 0 Å². The summed E-state index contributed by atoms with van der Waals surface area (Å²) in [5.74, 6) is 0.650. The second-order valence-electron chi connectivity index (χ2n) is 6.32. The summed E-state index contributed by atoms with van der Waals surface area (Å²) in [7, 11) is 0. The summed E-state index contributed by atoms with van der Waals surface area (Å²) in [5, 5.41) is 0. The lowest BCUT2D eigenvalue weighted by atomic mass is 9.92. The van der Waals surface area contributed by atoms with Gasteiger partial charge in [-0.3, -0.25) is 4.79 Å². The molecule has 1 aliphatic rings. The zero-order valence-corrected chi connectivity index (χ0v) is 13.5. The largest absolute Gasteiger partial charge is 0.465 e. The Morgan fingerprint density at radius 1 is 1.35 bits per heavy atom. The molecule has 1 heterocycles. The molecule has 1 fully saturated rings. The third-order valence-corrected chi connectivity index (χ3v) is 4.32. The van der Waals surface area contributed by atoms with Crippen LogP contribution in [0.25, 0.3) is 0 Å². The second kappa shape index (κ2) is 8.63. The van der Waals surface area contributed by atoms with E-state index in [1.54, 1.807) is 6.92 Å². The number of hydrogen-bond donors (Lipinski definition) is 1. The Kier molecular flexibility index (Phi) is 7.52. The molecule has 20 heavy (non-hydrogen) atoms. The Hall–Kier alpha value is -0.610. The highest BCUT2D eigenvalue weighted by atomic mass is 16.5. The van der Waals surface area contributed by atoms with Crippen molar-refractivity contribution in [3.8, 4) is 0 Å². The van der Waals surface area contributed by atoms with Crippen molar-refractivity contribution >= 4 is 5.97 Å². The lowest BCUT2D eigenvalue weighted by Gasteiger charge is -2.32. The highest BCUT2D eigenvalue weighted by Gasteiger charge is 2.29. The fourth-order valence-corrected chi connectivity index (χ4v) is 2.97. The first-order valence-corrected chi connectivity index (χ1v) is 8.18. The van der Waals surface area contributed by atoms with Crippen LogP contribution in [0.1, 0.15) is 59.3 Å². The highest BCUT2D eigenvalue weighted by Crippen LogP contribution is 2.22. The van der Waals surface area contributed by atoms with Gasteiger partial charge in [0.1, 0.15) is 5.54 Å². The third kappa shape index (κ3) is 5.80. The maximum atomic E-state index is 11.7. The standard InChI is InChI=1S/C16H32N2O2/c1-4-7-14-8-12-18(13-9-14)11-6-10-16(3,17)15(19)20-5-2/h14H,4-13,17H2,1-3H3. The summed E-state index contributed by atoms with van der Waals surface area (Å²) in [6.07, 6.45) is 6.98. The number of carbonyl (C=O) groups excluding carboxylic acids is 1. The predicted molar refractivity (Wildman–Crippen MR) is 82.5 cm³/mol. The molecule has 0 radical (unpaired) electrons. The van der Waals surface area contributed by atoms with Gasteiger partial charge in [-0.2, -0.15) is 0 Å². The molecule has 1 rings (SSSR count). The molecule has 118 valence electrons. The van der Waals surface area contributed by atoms with E-state index < -0.39 is 5.54 Å². The number of hydrogen-bond acceptors (Lipinski definition) is 4. The molecule has 1 unspecified atom stereocenters. The van der Waals surface area contributed by atoms with Crippen molar-refractivity contribution in [2.24, 2.45) is 11.7 Å². The van der Waals surface area contributed by atoms with E-state index in [2.05, 4.69) is 11.8 Å². The van der Waals surface area contributed by atoms with Gasteiger partial charge in [-0.1, -0.05) is 19.8 Å². The molecule has 1 atom stereocenters. The Bertz CT molecular complexity index is 284. The summed E-state index contributed by atoms with van der Waals surface area (Å²) in [6, 6.07) is 0. The van der Waals surface area contributed by atoms with Crippen LogP contribution in [-0.4, -0.2) is 42.6 Å². The maximum Gasteiger partial charge on any atom is 0.325 e. The van der Waals surface area contributed by atoms with E-state index >= 15 is 0 Å². The Morgan fingerprint density at radius 2 is 2.00 bits per heavy atom. The molecule has 0 spiro atoms. The van der Waals surface area contributed by atoms with E-state index in [4.69, 9.17) is 10.5 Å². The van der Waals surface area contributed by atoms with Gasteiger partial charge in [0.05, 0.1) is 6.61 Å². The summed E-state index contributed by atoms with van der Waals surface area (Å²) >= 11 is 0. The Balaban J connectivity index is 2.20. The van der Waals surface area contributed by atoms with Crippen molar-refractivity contribution in [3.05, 3.63) is 0 Å². The molecular weight excluding hydrogens is 252 g/mol. The van der Waals surface area contributed by atoms with Crippen molar-refractivity contribution < 1.29 is 9.53 Å². The zero-order chi connectivity index (χ0) is 15.0. The van der Waals surface area contributed by atoms with Crippen molar-refractivity contribution in [3.63, 3.8) is 0 Å². The molecule has 1 saturated heterocycles. The van der Waals surface area contributed by atoms with Crippen LogP contribution < -0.4 is 5.73 Å². The number of likely N-dealkylation sites (tertiary alicyclic amines) is 1. The monoisotopic (exact) mass is 284 g/mol. The molecule has 0 aromatic heterocycles. The molecule has 4 nitrogen and oxygen atoms in total. The van der Waals surface area contributed by atoms with Gasteiger partial charge in [0.25, 0.3) is 0 Å². The average molecular weight is 284 g/mol. The number of esters is 1. The number of carbonyl (C=O) groups is 1. The van der Waals surface area contributed by atoms with Gasteiger partial charge in [-0.15, -0.1) is 0 Å². The normalized spacial score (nSPS) is 20.6. The lowest BCUT2D eigenvalue weighted by Crippen LogP contribution is -2.46. The molecule has 0 aromatic carbocycles. The van der Waals surface area contributed by atoms with E-state index in [0.29, 0.717) is 13.0 Å². The third-order valence-electron chi connectivity index (χ3n) is 4.32. The fraction of sp³-hybridized carbons (Fsp3) is 0.938. The van der Waals surface area contributed by atoms with Crippen LogP contribution in [-0.2, 0) is 9.53 Å². The summed E-state index contributed by atoms with van der Waals surface area (Å²) < 4.78 is 5.01. The van der Waals surface area contributed by atoms with Gasteiger partial charge in [-0.25, -0.2) is 0 Å². The van der Waals surface area contributed by atoms with E-state index in [1.807, 2.05) is 6.92 Å². The first-order valence-electron chi connectivity index (χ1n) is 8.18. The number of nitrogens with zero attached hydrogens (tertiary/aromatic N) is 1. The van der Waals surface area contributed by atoms with Crippen LogP contribution in [0.15, 0.2) is 0 Å². The fourth-order valence-electron chi connectivity index (χ4n) is 2.97. The molecular formula is C16H32N2O2. The van der Waals surface area contributed by atoms with Gasteiger partial charge in [0.15, 0.2) is 0 Å². The SMILES string of the molecule is CCCC1CCN(CCCC(C)(N)C(=O)OCC)CC1. The second-order valence-corrected chi connectivity index (χ2v) is 6.32. The molecule has 1 aliphatic heterocycles. The van der Waals surface area contributed by atoms with E-state index in [1.165, 1.54) is 38.8 Å². The van der Waals surface area contributed by atoms with Crippen LogP contribution in [0.5, 0.6) is 0 Å². The lowest BCUT2D eigenvalue weighted by molar-refractivity contribution is -0.149. The van der Waals surface area contributed by atoms with Crippen molar-refractivity contribution in [2.75, 3.05) is 26.2 Å².